The number of ether oxygens (including phenoxy) is 1. The fraction of sp³-hybridized carbons (Fsp3) is 0.308. The van der Waals surface area contributed by atoms with E-state index in [1.807, 2.05) is 44.2 Å². The zero-order valence-electron chi connectivity index (χ0n) is 20.1. The molecule has 9 nitrogen and oxygen atoms in total. The van der Waals surface area contributed by atoms with Gasteiger partial charge in [0.2, 0.25) is 0 Å². The van der Waals surface area contributed by atoms with E-state index >= 15 is 0 Å². The standard InChI is InChI=1S/C26H30N4O5/c1-17(2)12-13-29(22(32)16-35-21-11-7-10-20(14-21)18(3)31)23-24(27)30(26(34)28-25(23)33)15-19-8-5-4-6-9-19/h4-11,14,17H,12-13,15-16,27H2,1-3H3,(H,28,33,34). The Hall–Kier alpha value is -4.14. The van der Waals surface area contributed by atoms with Crippen LogP contribution in [0.4, 0.5) is 11.5 Å². The van der Waals surface area contributed by atoms with Crippen LogP contribution >= 0.6 is 0 Å². The SMILES string of the molecule is CC(=O)c1cccc(OCC(=O)N(CCC(C)C)c2c(N)n(Cc3ccccc3)c(=O)[nH]c2=O)c1. The van der Waals surface area contributed by atoms with E-state index in [0.717, 1.165) is 5.56 Å². The summed E-state index contributed by atoms with van der Waals surface area (Å²) in [6.07, 6.45) is 0.599. The zero-order valence-corrected chi connectivity index (χ0v) is 20.1. The minimum atomic E-state index is -0.743. The number of anilines is 2. The Balaban J connectivity index is 1.94. The Morgan fingerprint density at radius 2 is 1.80 bits per heavy atom. The number of nitrogens with zero attached hydrogens (tertiary/aromatic N) is 2. The van der Waals surface area contributed by atoms with Gasteiger partial charge in [0.1, 0.15) is 11.6 Å². The normalized spacial score (nSPS) is 10.9. The van der Waals surface area contributed by atoms with Crippen molar-refractivity contribution in [1.29, 1.82) is 0 Å². The Labute approximate surface area is 203 Å². The Morgan fingerprint density at radius 3 is 2.46 bits per heavy atom. The van der Waals surface area contributed by atoms with Crippen LogP contribution in [0.15, 0.2) is 64.2 Å². The van der Waals surface area contributed by atoms with Crippen molar-refractivity contribution in [2.24, 2.45) is 5.92 Å². The number of ketones is 1. The average molecular weight is 479 g/mol. The third-order valence-electron chi connectivity index (χ3n) is 5.50. The molecule has 3 rings (SSSR count). The van der Waals surface area contributed by atoms with Crippen LogP contribution in [0.2, 0.25) is 0 Å². The predicted octanol–water partition coefficient (Wildman–Crippen LogP) is 2.83. The molecule has 0 aliphatic rings. The first-order chi connectivity index (χ1) is 16.7. The Kier molecular flexibility index (Phi) is 8.25. The fourth-order valence-corrected chi connectivity index (χ4v) is 3.54. The number of carbonyl (C=O) groups is 2. The maximum atomic E-state index is 13.2. The summed E-state index contributed by atoms with van der Waals surface area (Å²) in [4.78, 5) is 53.8. The molecule has 184 valence electrons. The summed E-state index contributed by atoms with van der Waals surface area (Å²) >= 11 is 0. The summed E-state index contributed by atoms with van der Waals surface area (Å²) in [5.74, 6) is -0.126. The third-order valence-corrected chi connectivity index (χ3v) is 5.50. The highest BCUT2D eigenvalue weighted by Crippen LogP contribution is 2.20. The second-order valence-electron chi connectivity index (χ2n) is 8.67. The van der Waals surface area contributed by atoms with Crippen molar-refractivity contribution in [3.63, 3.8) is 0 Å². The summed E-state index contributed by atoms with van der Waals surface area (Å²) in [5, 5.41) is 0. The van der Waals surface area contributed by atoms with Crippen molar-refractivity contribution in [3.05, 3.63) is 86.6 Å². The first-order valence-electron chi connectivity index (χ1n) is 11.4. The number of H-pyrrole nitrogens is 1. The number of Topliss-reactive ketones (excluding diaryl/α,β-unsaturated/α-hetero) is 1. The van der Waals surface area contributed by atoms with Crippen molar-refractivity contribution in [3.8, 4) is 5.75 Å². The zero-order chi connectivity index (χ0) is 25.5. The molecular formula is C26H30N4O5. The van der Waals surface area contributed by atoms with E-state index in [2.05, 4.69) is 4.98 Å². The van der Waals surface area contributed by atoms with Gasteiger partial charge >= 0.3 is 5.69 Å². The quantitative estimate of drug-likeness (QED) is 0.431. The third kappa shape index (κ3) is 6.47. The molecule has 0 bridgehead atoms. The molecule has 0 fully saturated rings. The Morgan fingerprint density at radius 1 is 1.09 bits per heavy atom. The summed E-state index contributed by atoms with van der Waals surface area (Å²) in [7, 11) is 0. The summed E-state index contributed by atoms with van der Waals surface area (Å²) < 4.78 is 6.87. The van der Waals surface area contributed by atoms with Crippen LogP contribution in [0.25, 0.3) is 0 Å². The number of aromatic nitrogens is 2. The number of hydrogen-bond donors (Lipinski definition) is 2. The summed E-state index contributed by atoms with van der Waals surface area (Å²) in [6, 6.07) is 15.7. The number of hydrogen-bond acceptors (Lipinski definition) is 6. The van der Waals surface area contributed by atoms with Gasteiger partial charge in [0.05, 0.1) is 6.54 Å². The number of rotatable bonds is 10. The van der Waals surface area contributed by atoms with Crippen molar-refractivity contribution >= 4 is 23.2 Å². The van der Waals surface area contributed by atoms with Crippen molar-refractivity contribution < 1.29 is 14.3 Å². The van der Waals surface area contributed by atoms with Crippen LogP contribution in [-0.4, -0.2) is 34.4 Å². The summed E-state index contributed by atoms with van der Waals surface area (Å²) in [5.41, 5.74) is 6.09. The maximum Gasteiger partial charge on any atom is 0.330 e. The van der Waals surface area contributed by atoms with Crippen LogP contribution in [0.1, 0.15) is 43.1 Å². The number of aromatic amines is 1. The molecule has 9 heteroatoms. The lowest BCUT2D eigenvalue weighted by Crippen LogP contribution is -2.43. The summed E-state index contributed by atoms with van der Waals surface area (Å²) in [6.45, 7) is 5.40. The van der Waals surface area contributed by atoms with Crippen LogP contribution in [0.5, 0.6) is 5.75 Å². The number of amides is 1. The van der Waals surface area contributed by atoms with E-state index in [1.165, 1.54) is 16.4 Å². The van der Waals surface area contributed by atoms with E-state index in [-0.39, 0.29) is 42.9 Å². The topological polar surface area (TPSA) is 127 Å². The molecular weight excluding hydrogens is 448 g/mol. The van der Waals surface area contributed by atoms with Crippen LogP contribution in [0.3, 0.4) is 0 Å². The molecule has 0 aliphatic carbocycles. The van der Waals surface area contributed by atoms with Gasteiger partial charge in [-0.15, -0.1) is 0 Å². The molecule has 1 heterocycles. The molecule has 0 aliphatic heterocycles. The molecule has 0 saturated heterocycles. The van der Waals surface area contributed by atoms with E-state index in [9.17, 15) is 19.2 Å². The number of carbonyl (C=O) groups excluding carboxylic acids is 2. The highest BCUT2D eigenvalue weighted by molar-refractivity contribution is 5.97. The maximum absolute atomic E-state index is 13.2. The van der Waals surface area contributed by atoms with E-state index in [0.29, 0.717) is 17.7 Å². The average Bonchev–Trinajstić information content (AvgIpc) is 2.82. The van der Waals surface area contributed by atoms with E-state index in [1.54, 1.807) is 24.3 Å². The molecule has 0 saturated carbocycles. The van der Waals surface area contributed by atoms with Crippen molar-refractivity contribution in [2.75, 3.05) is 23.8 Å². The van der Waals surface area contributed by atoms with E-state index < -0.39 is 17.2 Å². The van der Waals surface area contributed by atoms with Crippen molar-refractivity contribution in [1.82, 2.24) is 9.55 Å². The van der Waals surface area contributed by atoms with Gasteiger partial charge in [-0.25, -0.2) is 4.79 Å². The molecule has 1 aromatic heterocycles. The number of nitrogens with two attached hydrogens (primary N) is 1. The molecule has 3 N–H and O–H groups in total. The first kappa shape index (κ1) is 25.5. The van der Waals surface area contributed by atoms with Crippen LogP contribution < -0.4 is 26.6 Å². The first-order valence-corrected chi connectivity index (χ1v) is 11.4. The van der Waals surface area contributed by atoms with Crippen LogP contribution in [0, 0.1) is 5.92 Å². The van der Waals surface area contributed by atoms with Gasteiger partial charge in [-0.1, -0.05) is 56.3 Å². The molecule has 2 aromatic carbocycles. The predicted molar refractivity (Wildman–Crippen MR) is 135 cm³/mol. The Bertz CT molecular complexity index is 1310. The van der Waals surface area contributed by atoms with Gasteiger partial charge in [-0.3, -0.25) is 23.9 Å². The second-order valence-corrected chi connectivity index (χ2v) is 8.67. The molecule has 0 radical (unpaired) electrons. The molecule has 1 amide bonds. The molecule has 0 spiro atoms. The minimum Gasteiger partial charge on any atom is -0.484 e. The smallest absolute Gasteiger partial charge is 0.330 e. The van der Waals surface area contributed by atoms with Gasteiger partial charge < -0.3 is 15.4 Å². The number of benzene rings is 2. The van der Waals surface area contributed by atoms with Gasteiger partial charge in [0, 0.05) is 12.1 Å². The van der Waals surface area contributed by atoms with Gasteiger partial charge in [-0.05, 0) is 37.0 Å². The fourth-order valence-electron chi connectivity index (χ4n) is 3.54. The molecule has 35 heavy (non-hydrogen) atoms. The number of nitrogen functional groups attached to an aromatic ring is 1. The molecule has 0 unspecified atom stereocenters. The van der Waals surface area contributed by atoms with Gasteiger partial charge in [-0.2, -0.15) is 0 Å². The highest BCUT2D eigenvalue weighted by atomic mass is 16.5. The van der Waals surface area contributed by atoms with Crippen molar-refractivity contribution in [2.45, 2.75) is 33.7 Å². The lowest BCUT2D eigenvalue weighted by atomic mass is 10.1. The highest BCUT2D eigenvalue weighted by Gasteiger charge is 2.25. The lowest BCUT2D eigenvalue weighted by molar-refractivity contribution is -0.120. The number of nitrogens with one attached hydrogen (secondary N) is 1. The van der Waals surface area contributed by atoms with Gasteiger partial charge in [0.15, 0.2) is 18.1 Å². The molecule has 0 atom stereocenters. The lowest BCUT2D eigenvalue weighted by Gasteiger charge is -2.25. The monoisotopic (exact) mass is 478 g/mol. The van der Waals surface area contributed by atoms with E-state index in [4.69, 9.17) is 10.5 Å². The minimum absolute atomic E-state index is 0.0905. The van der Waals surface area contributed by atoms with Crippen LogP contribution in [-0.2, 0) is 11.3 Å². The second kappa shape index (κ2) is 11.3. The largest absolute Gasteiger partial charge is 0.484 e. The van der Waals surface area contributed by atoms with Gasteiger partial charge in [0.25, 0.3) is 11.5 Å². The molecule has 3 aromatic rings.